The molecule has 0 aromatic heterocycles. The van der Waals surface area contributed by atoms with Crippen LogP contribution in [0.25, 0.3) is 0 Å². The normalized spacial score (nSPS) is 18.7. The summed E-state index contributed by atoms with van der Waals surface area (Å²) in [6, 6.07) is 5.21. The smallest absolute Gasteiger partial charge is 0.293 e. The van der Waals surface area contributed by atoms with E-state index >= 15 is 0 Å². The number of nitrogens with one attached hydrogen (secondary N) is 1. The van der Waals surface area contributed by atoms with E-state index in [1.165, 1.54) is 0 Å². The van der Waals surface area contributed by atoms with Gasteiger partial charge in [0.2, 0.25) is 0 Å². The monoisotopic (exact) mass is 313 g/mol. The van der Waals surface area contributed by atoms with Gasteiger partial charge in [0.1, 0.15) is 5.69 Å². The lowest BCUT2D eigenvalue weighted by Gasteiger charge is -2.40. The maximum absolute atomic E-state index is 11.1. The van der Waals surface area contributed by atoms with E-state index in [-0.39, 0.29) is 16.1 Å². The zero-order chi connectivity index (χ0) is 13.3. The minimum Gasteiger partial charge on any atom is -0.363 e. The summed E-state index contributed by atoms with van der Waals surface area (Å²) in [5, 5.41) is 14.5. The van der Waals surface area contributed by atoms with E-state index in [0.29, 0.717) is 5.69 Å². The lowest BCUT2D eigenvalue weighted by molar-refractivity contribution is -0.384. The van der Waals surface area contributed by atoms with E-state index in [9.17, 15) is 10.1 Å². The third kappa shape index (κ3) is 2.81. The second-order valence-electron chi connectivity index (χ2n) is 5.12. The fourth-order valence-corrected chi connectivity index (χ4v) is 2.61. The molecule has 1 aromatic carbocycles. The van der Waals surface area contributed by atoms with Crippen LogP contribution in [0.5, 0.6) is 0 Å². The van der Waals surface area contributed by atoms with Gasteiger partial charge in [-0.15, -0.1) is 0 Å². The van der Waals surface area contributed by atoms with Crippen LogP contribution in [0.2, 0.25) is 0 Å². The van der Waals surface area contributed by atoms with Crippen molar-refractivity contribution in [1.29, 1.82) is 0 Å². The summed E-state index contributed by atoms with van der Waals surface area (Å²) >= 11 is 3.28. The van der Waals surface area contributed by atoms with Crippen LogP contribution in [0.4, 0.5) is 11.4 Å². The van der Waals surface area contributed by atoms with E-state index in [0.717, 1.165) is 24.1 Å². The molecule has 5 nitrogen and oxygen atoms in total. The van der Waals surface area contributed by atoms with E-state index in [1.54, 1.807) is 6.07 Å². The molecule has 0 bridgehead atoms. The highest BCUT2D eigenvalue weighted by Crippen LogP contribution is 2.32. The van der Waals surface area contributed by atoms with Crippen molar-refractivity contribution in [2.24, 2.45) is 0 Å². The van der Waals surface area contributed by atoms with Crippen molar-refractivity contribution in [3.8, 4) is 0 Å². The first-order valence-corrected chi connectivity index (χ1v) is 6.62. The number of anilines is 1. The summed E-state index contributed by atoms with van der Waals surface area (Å²) in [7, 11) is 0. The largest absolute Gasteiger partial charge is 0.363 e. The van der Waals surface area contributed by atoms with Crippen molar-refractivity contribution in [1.82, 2.24) is 5.32 Å². The van der Waals surface area contributed by atoms with Gasteiger partial charge in [-0.25, -0.2) is 0 Å². The Bertz CT molecular complexity index is 476. The number of hydrogen-bond acceptors (Lipinski definition) is 4. The molecule has 98 valence electrons. The molecule has 0 atom stereocenters. The maximum atomic E-state index is 11.1. The average molecular weight is 314 g/mol. The molecule has 0 radical (unpaired) electrons. The van der Waals surface area contributed by atoms with Gasteiger partial charge >= 0.3 is 0 Å². The molecule has 0 aliphatic carbocycles. The number of nitro groups is 1. The van der Waals surface area contributed by atoms with E-state index in [1.807, 2.05) is 12.1 Å². The molecule has 1 N–H and O–H groups in total. The number of hydrogen-bond donors (Lipinski definition) is 1. The van der Waals surface area contributed by atoms with Crippen LogP contribution >= 0.6 is 15.9 Å². The van der Waals surface area contributed by atoms with Gasteiger partial charge in [-0.3, -0.25) is 10.1 Å². The fourth-order valence-electron chi connectivity index (χ4n) is 2.26. The van der Waals surface area contributed by atoms with Crippen LogP contribution in [0.3, 0.4) is 0 Å². The van der Waals surface area contributed by atoms with Crippen LogP contribution in [0.15, 0.2) is 22.7 Å². The number of halogens is 1. The van der Waals surface area contributed by atoms with Gasteiger partial charge in [-0.2, -0.15) is 0 Å². The first kappa shape index (κ1) is 13.3. The fraction of sp³-hybridized carbons (Fsp3) is 0.500. The summed E-state index contributed by atoms with van der Waals surface area (Å²) < 4.78 is 0.729. The molecule has 0 saturated carbocycles. The predicted octanol–water partition coefficient (Wildman–Crippen LogP) is 2.55. The molecule has 1 fully saturated rings. The van der Waals surface area contributed by atoms with Crippen LogP contribution in [-0.4, -0.2) is 30.1 Å². The van der Waals surface area contributed by atoms with Gasteiger partial charge in [0.05, 0.1) is 4.92 Å². The van der Waals surface area contributed by atoms with Gasteiger partial charge in [-0.05, 0) is 26.0 Å². The Hall–Kier alpha value is -1.14. The van der Waals surface area contributed by atoms with Gasteiger partial charge in [0.25, 0.3) is 5.69 Å². The highest BCUT2D eigenvalue weighted by atomic mass is 79.9. The highest BCUT2D eigenvalue weighted by Gasteiger charge is 2.29. The SMILES string of the molecule is CC1(C)CN(c2ccc(Br)cc2[N+](=O)[O-])CCN1. The second kappa shape index (κ2) is 4.85. The summed E-state index contributed by atoms with van der Waals surface area (Å²) in [5.41, 5.74) is 0.819. The van der Waals surface area contributed by atoms with Gasteiger partial charge in [0.15, 0.2) is 0 Å². The molecule has 6 heteroatoms. The molecule has 0 spiro atoms. The Kier molecular flexibility index (Phi) is 3.59. The minimum absolute atomic E-state index is 0.0286. The molecule has 2 rings (SSSR count). The van der Waals surface area contributed by atoms with Crippen molar-refractivity contribution in [2.45, 2.75) is 19.4 Å². The second-order valence-corrected chi connectivity index (χ2v) is 6.04. The van der Waals surface area contributed by atoms with Gasteiger partial charge < -0.3 is 10.2 Å². The molecular weight excluding hydrogens is 298 g/mol. The van der Waals surface area contributed by atoms with Gasteiger partial charge in [-0.1, -0.05) is 15.9 Å². The first-order valence-electron chi connectivity index (χ1n) is 5.83. The van der Waals surface area contributed by atoms with E-state index in [2.05, 4.69) is 40.0 Å². The van der Waals surface area contributed by atoms with Crippen molar-refractivity contribution >= 4 is 27.3 Å². The lowest BCUT2D eigenvalue weighted by Crippen LogP contribution is -2.57. The van der Waals surface area contributed by atoms with E-state index < -0.39 is 0 Å². The van der Waals surface area contributed by atoms with Crippen molar-refractivity contribution in [3.05, 3.63) is 32.8 Å². The van der Waals surface area contributed by atoms with Crippen LogP contribution < -0.4 is 10.2 Å². The Morgan fingerprint density at radius 1 is 1.50 bits per heavy atom. The van der Waals surface area contributed by atoms with Crippen LogP contribution in [-0.2, 0) is 0 Å². The summed E-state index contributed by atoms with van der Waals surface area (Å²) in [6.07, 6.45) is 0. The minimum atomic E-state index is -0.324. The third-order valence-corrected chi connectivity index (χ3v) is 3.54. The maximum Gasteiger partial charge on any atom is 0.293 e. The number of nitrogens with zero attached hydrogens (tertiary/aromatic N) is 2. The highest BCUT2D eigenvalue weighted by molar-refractivity contribution is 9.10. The summed E-state index contributed by atoms with van der Waals surface area (Å²) in [5.74, 6) is 0. The molecule has 1 aliphatic rings. The Morgan fingerprint density at radius 3 is 2.83 bits per heavy atom. The Balaban J connectivity index is 2.35. The molecule has 1 aromatic rings. The standard InChI is InChI=1S/C12H16BrN3O2/c1-12(2)8-15(6-5-14-12)10-4-3-9(13)7-11(10)16(17)18/h3-4,7,14H,5-6,8H2,1-2H3. The summed E-state index contributed by atoms with van der Waals surface area (Å²) in [6.45, 7) is 6.58. The first-order chi connectivity index (χ1) is 8.39. The molecule has 1 saturated heterocycles. The number of benzene rings is 1. The van der Waals surface area contributed by atoms with Crippen molar-refractivity contribution in [2.75, 3.05) is 24.5 Å². The molecule has 0 amide bonds. The third-order valence-electron chi connectivity index (χ3n) is 3.05. The topological polar surface area (TPSA) is 58.4 Å². The number of nitro benzene ring substituents is 1. The van der Waals surface area contributed by atoms with Crippen LogP contribution in [0, 0.1) is 10.1 Å². The number of piperazine rings is 1. The molecule has 1 heterocycles. The molecule has 1 aliphatic heterocycles. The van der Waals surface area contributed by atoms with Crippen LogP contribution in [0.1, 0.15) is 13.8 Å². The van der Waals surface area contributed by atoms with E-state index in [4.69, 9.17) is 0 Å². The quantitative estimate of drug-likeness (QED) is 0.673. The lowest BCUT2D eigenvalue weighted by atomic mass is 10.0. The average Bonchev–Trinajstić information content (AvgIpc) is 2.27. The number of rotatable bonds is 2. The Morgan fingerprint density at radius 2 is 2.22 bits per heavy atom. The van der Waals surface area contributed by atoms with Gasteiger partial charge in [0, 0.05) is 35.7 Å². The molecule has 18 heavy (non-hydrogen) atoms. The molecule has 0 unspecified atom stereocenters. The molecular formula is C12H16BrN3O2. The predicted molar refractivity (Wildman–Crippen MR) is 75.1 cm³/mol. The Labute approximate surface area is 114 Å². The summed E-state index contributed by atoms with van der Waals surface area (Å²) in [4.78, 5) is 12.9. The van der Waals surface area contributed by atoms with Crippen molar-refractivity contribution < 1.29 is 4.92 Å². The zero-order valence-electron chi connectivity index (χ0n) is 10.4. The van der Waals surface area contributed by atoms with Crippen molar-refractivity contribution in [3.63, 3.8) is 0 Å². The zero-order valence-corrected chi connectivity index (χ0v) is 12.0.